The Balaban J connectivity index is 1.56. The maximum Gasteiger partial charge on any atom is 0.269 e. The molecule has 31 heavy (non-hydrogen) atoms. The average Bonchev–Trinajstić information content (AvgIpc) is 3.48. The van der Waals surface area contributed by atoms with E-state index in [1.54, 1.807) is 23.9 Å². The fraction of sp³-hybridized carbons (Fsp3) is 0.182. The molecule has 0 spiro atoms. The van der Waals surface area contributed by atoms with E-state index >= 15 is 0 Å². The number of carbonyl (C=O) groups is 2. The molecule has 4 aromatic rings. The third kappa shape index (κ3) is 2.89. The van der Waals surface area contributed by atoms with E-state index in [9.17, 15) is 14.7 Å². The van der Waals surface area contributed by atoms with E-state index in [0.29, 0.717) is 28.9 Å². The van der Waals surface area contributed by atoms with Crippen molar-refractivity contribution in [3.63, 3.8) is 0 Å². The number of benzene rings is 2. The van der Waals surface area contributed by atoms with Gasteiger partial charge in [-0.05, 0) is 18.2 Å². The number of carbonyl (C=O) groups excluding carboxylic acids is 2. The van der Waals surface area contributed by atoms with Crippen LogP contribution < -0.4 is 5.73 Å². The van der Waals surface area contributed by atoms with Gasteiger partial charge in [-0.2, -0.15) is 5.10 Å². The van der Waals surface area contributed by atoms with Gasteiger partial charge in [0.1, 0.15) is 5.69 Å². The second-order valence-electron chi connectivity index (χ2n) is 7.61. The second-order valence-corrected chi connectivity index (χ2v) is 7.61. The zero-order chi connectivity index (χ0) is 21.8. The van der Waals surface area contributed by atoms with E-state index in [2.05, 4.69) is 10.3 Å². The van der Waals surface area contributed by atoms with Crippen molar-refractivity contribution < 1.29 is 19.2 Å². The highest BCUT2D eigenvalue weighted by Gasteiger charge is 2.48. The zero-order valence-corrected chi connectivity index (χ0v) is 16.6. The van der Waals surface area contributed by atoms with Crippen LogP contribution in [0.25, 0.3) is 27.8 Å². The molecule has 1 aliphatic rings. The van der Waals surface area contributed by atoms with E-state index in [1.807, 2.05) is 42.5 Å². The number of rotatable bonds is 4. The Labute approximate surface area is 176 Å². The summed E-state index contributed by atoms with van der Waals surface area (Å²) in [6, 6.07) is 16.2. The molecule has 0 saturated carbocycles. The number of hydrogen-bond donors (Lipinski definition) is 2. The smallest absolute Gasteiger partial charge is 0.269 e. The molecule has 1 aliphatic heterocycles. The van der Waals surface area contributed by atoms with E-state index in [-0.39, 0.29) is 17.9 Å². The van der Waals surface area contributed by atoms with Crippen LogP contribution in [0.4, 0.5) is 0 Å². The summed E-state index contributed by atoms with van der Waals surface area (Å²) in [6.07, 6.45) is 0.242. The molecular formula is C22H19N5O4. The first-order valence-electron chi connectivity index (χ1n) is 9.72. The maximum absolute atomic E-state index is 12.3. The van der Waals surface area contributed by atoms with Crippen LogP contribution in [0.15, 0.2) is 59.1 Å². The molecule has 1 atom stereocenters. The van der Waals surface area contributed by atoms with Gasteiger partial charge < -0.3 is 20.3 Å². The highest BCUT2D eigenvalue weighted by Crippen LogP contribution is 2.35. The Morgan fingerprint density at radius 2 is 2.00 bits per heavy atom. The molecule has 1 saturated heterocycles. The Kier molecular flexibility index (Phi) is 4.16. The second kappa shape index (κ2) is 6.78. The molecule has 5 rings (SSSR count). The molecule has 0 radical (unpaired) electrons. The van der Waals surface area contributed by atoms with Crippen molar-refractivity contribution in [2.24, 2.45) is 5.73 Å². The van der Waals surface area contributed by atoms with E-state index in [1.165, 1.54) is 4.90 Å². The fourth-order valence-electron chi connectivity index (χ4n) is 3.93. The Hall–Kier alpha value is -3.98. The first kappa shape index (κ1) is 19.0. The number of amides is 2. The third-order valence-electron chi connectivity index (χ3n) is 5.63. The van der Waals surface area contributed by atoms with Gasteiger partial charge in [0, 0.05) is 37.0 Å². The lowest BCUT2D eigenvalue weighted by atomic mass is 9.98. The quantitative estimate of drug-likeness (QED) is 0.521. The number of para-hydroxylation sites is 1. The van der Waals surface area contributed by atoms with Crippen LogP contribution in [0.5, 0.6) is 0 Å². The monoisotopic (exact) mass is 417 g/mol. The van der Waals surface area contributed by atoms with E-state index in [4.69, 9.17) is 10.3 Å². The van der Waals surface area contributed by atoms with Gasteiger partial charge in [0.25, 0.3) is 11.8 Å². The molecule has 3 N–H and O–H groups in total. The van der Waals surface area contributed by atoms with Crippen molar-refractivity contribution in [1.82, 2.24) is 19.8 Å². The van der Waals surface area contributed by atoms with Crippen molar-refractivity contribution in [2.45, 2.75) is 12.0 Å². The number of primary amides is 1. The number of aromatic nitrogens is 3. The van der Waals surface area contributed by atoms with Crippen molar-refractivity contribution >= 4 is 22.7 Å². The van der Waals surface area contributed by atoms with Gasteiger partial charge >= 0.3 is 0 Å². The van der Waals surface area contributed by atoms with Gasteiger partial charge in [-0.3, -0.25) is 9.59 Å². The van der Waals surface area contributed by atoms with Gasteiger partial charge in [0.05, 0.1) is 11.2 Å². The third-order valence-corrected chi connectivity index (χ3v) is 5.63. The maximum atomic E-state index is 12.3. The van der Waals surface area contributed by atoms with Crippen LogP contribution in [0, 0.1) is 0 Å². The molecule has 2 amide bonds. The Morgan fingerprint density at radius 3 is 2.74 bits per heavy atom. The van der Waals surface area contributed by atoms with Crippen molar-refractivity contribution in [3.8, 4) is 16.9 Å². The summed E-state index contributed by atoms with van der Waals surface area (Å²) in [4.78, 5) is 25.6. The largest absolute Gasteiger partial charge is 0.373 e. The lowest BCUT2D eigenvalue weighted by molar-refractivity contribution is -0.144. The summed E-state index contributed by atoms with van der Waals surface area (Å²) in [5, 5.41) is 19.9. The number of likely N-dealkylation sites (tertiary alicyclic amines) is 1. The first-order valence-corrected chi connectivity index (χ1v) is 9.72. The molecule has 2 aromatic heterocycles. The highest BCUT2D eigenvalue weighted by molar-refractivity contribution is 6.04. The molecule has 9 heteroatoms. The summed E-state index contributed by atoms with van der Waals surface area (Å²) >= 11 is 0. The molecule has 156 valence electrons. The Morgan fingerprint density at radius 1 is 1.19 bits per heavy atom. The van der Waals surface area contributed by atoms with Crippen LogP contribution in [0.3, 0.4) is 0 Å². The molecule has 0 unspecified atom stereocenters. The van der Waals surface area contributed by atoms with Crippen LogP contribution >= 0.6 is 0 Å². The fourth-order valence-corrected chi connectivity index (χ4v) is 3.93. The van der Waals surface area contributed by atoms with Gasteiger partial charge in [-0.15, -0.1) is 0 Å². The highest BCUT2D eigenvalue weighted by atomic mass is 16.5. The zero-order valence-electron chi connectivity index (χ0n) is 16.6. The van der Waals surface area contributed by atoms with Crippen molar-refractivity contribution in [1.29, 1.82) is 0 Å². The molecule has 2 aromatic carbocycles. The molecular weight excluding hydrogens is 398 g/mol. The van der Waals surface area contributed by atoms with E-state index in [0.717, 1.165) is 5.52 Å². The number of fused-ring (bicyclic) bond motifs is 1. The van der Waals surface area contributed by atoms with Crippen LogP contribution in [-0.4, -0.2) is 50.4 Å². The van der Waals surface area contributed by atoms with Gasteiger partial charge in [0.15, 0.2) is 11.5 Å². The summed E-state index contributed by atoms with van der Waals surface area (Å²) < 4.78 is 6.99. The topological polar surface area (TPSA) is 127 Å². The average molecular weight is 417 g/mol. The summed E-state index contributed by atoms with van der Waals surface area (Å²) in [5.74, 6) is -0.902. The number of aliphatic hydroxyl groups is 1. The number of nitrogens with two attached hydrogens (primary N) is 1. The van der Waals surface area contributed by atoms with E-state index < -0.39 is 17.4 Å². The minimum absolute atomic E-state index is 0.114. The SMILES string of the molecule is CN1CC[C@@](O)(c2cc(-c3cccc(-n4nc(C(N)=O)c5ccccc54)c3)no2)C1=O. The number of likely N-dealkylation sites (N-methyl/N-ethyl adjacent to an activating group) is 1. The Bertz CT molecular complexity index is 1340. The van der Waals surface area contributed by atoms with Crippen molar-refractivity contribution in [2.75, 3.05) is 13.6 Å². The summed E-state index contributed by atoms with van der Waals surface area (Å²) in [7, 11) is 1.63. The standard InChI is InChI=1S/C22H19N5O4/c1-26-10-9-22(30,21(26)29)18-12-16(25-31-18)13-5-4-6-14(11-13)27-17-8-3-2-7-15(17)19(24-27)20(23)28/h2-8,11-12,30H,9-10H2,1H3,(H2,23,28)/t22-/m1/s1. The van der Waals surface area contributed by atoms with Crippen LogP contribution in [-0.2, 0) is 10.4 Å². The minimum atomic E-state index is -1.70. The molecule has 0 bridgehead atoms. The molecule has 0 aliphatic carbocycles. The normalized spacial score (nSPS) is 18.8. The van der Waals surface area contributed by atoms with Crippen molar-refractivity contribution in [3.05, 3.63) is 66.1 Å². The molecule has 1 fully saturated rings. The minimum Gasteiger partial charge on any atom is -0.373 e. The lowest BCUT2D eigenvalue weighted by Crippen LogP contribution is -2.35. The predicted molar refractivity (Wildman–Crippen MR) is 111 cm³/mol. The van der Waals surface area contributed by atoms with Gasteiger partial charge in [-0.25, -0.2) is 4.68 Å². The summed E-state index contributed by atoms with van der Waals surface area (Å²) in [5.41, 5.74) is 6.59. The van der Waals surface area contributed by atoms with Crippen LogP contribution in [0.1, 0.15) is 22.7 Å². The van der Waals surface area contributed by atoms with Gasteiger partial charge in [-0.1, -0.05) is 35.5 Å². The van der Waals surface area contributed by atoms with Crippen LogP contribution in [0.2, 0.25) is 0 Å². The molecule has 3 heterocycles. The van der Waals surface area contributed by atoms with Gasteiger partial charge in [0.2, 0.25) is 5.60 Å². The number of nitrogens with zero attached hydrogens (tertiary/aromatic N) is 4. The lowest BCUT2D eigenvalue weighted by Gasteiger charge is -2.16. The number of hydrogen-bond acceptors (Lipinski definition) is 6. The predicted octanol–water partition coefficient (Wildman–Crippen LogP) is 1.83. The first-order chi connectivity index (χ1) is 14.9. The molecule has 9 nitrogen and oxygen atoms in total. The summed E-state index contributed by atoms with van der Waals surface area (Å²) in [6.45, 7) is 0.440.